The topological polar surface area (TPSA) is 92.6 Å². The molecular formula is C19H15N3O4S2. The number of thiocarbonyl (C=S) groups is 1. The number of hydrogen-bond donors (Lipinski definition) is 1. The second-order valence-electron chi connectivity index (χ2n) is 5.99. The highest BCUT2D eigenvalue weighted by Crippen LogP contribution is 2.39. The molecule has 1 heterocycles. The van der Waals surface area contributed by atoms with E-state index in [0.717, 1.165) is 0 Å². The van der Waals surface area contributed by atoms with Crippen molar-refractivity contribution < 1.29 is 14.5 Å². The Hall–Kier alpha value is -3.04. The van der Waals surface area contributed by atoms with Gasteiger partial charge in [-0.3, -0.25) is 24.6 Å². The van der Waals surface area contributed by atoms with Crippen LogP contribution in [-0.2, 0) is 9.59 Å². The van der Waals surface area contributed by atoms with Crippen LogP contribution in [-0.4, -0.2) is 21.1 Å². The van der Waals surface area contributed by atoms with Crippen LogP contribution < -0.4 is 10.2 Å². The van der Waals surface area contributed by atoms with Gasteiger partial charge in [-0.05, 0) is 54.5 Å². The molecule has 1 fully saturated rings. The van der Waals surface area contributed by atoms with Crippen molar-refractivity contribution in [1.82, 2.24) is 0 Å². The number of non-ortho nitro benzene ring substituents is 1. The van der Waals surface area contributed by atoms with E-state index < -0.39 is 4.92 Å². The SMILES string of the molecule is CC(=O)Nc1ccc(N2C(=O)/C(=C(\C)c3ccc([N+](=O)[O-])cc3)SC2=S)cc1. The molecule has 142 valence electrons. The molecule has 2 aromatic carbocycles. The molecule has 1 saturated heterocycles. The first kappa shape index (κ1) is 19.7. The Kier molecular flexibility index (Phi) is 5.57. The van der Waals surface area contributed by atoms with Crippen molar-refractivity contribution >= 4 is 62.7 Å². The van der Waals surface area contributed by atoms with E-state index >= 15 is 0 Å². The van der Waals surface area contributed by atoms with Gasteiger partial charge in [0.05, 0.1) is 15.5 Å². The zero-order chi connectivity index (χ0) is 20.4. The van der Waals surface area contributed by atoms with Crippen LogP contribution in [0.2, 0.25) is 0 Å². The summed E-state index contributed by atoms with van der Waals surface area (Å²) in [5, 5.41) is 13.5. The first-order valence-electron chi connectivity index (χ1n) is 8.17. The number of hydrogen-bond acceptors (Lipinski definition) is 6. The molecule has 3 rings (SSSR count). The van der Waals surface area contributed by atoms with Gasteiger partial charge in [-0.1, -0.05) is 24.0 Å². The average Bonchev–Trinajstić information content (AvgIpc) is 2.96. The van der Waals surface area contributed by atoms with Gasteiger partial charge in [0, 0.05) is 24.7 Å². The van der Waals surface area contributed by atoms with E-state index in [1.165, 1.54) is 35.7 Å². The van der Waals surface area contributed by atoms with Crippen molar-refractivity contribution in [2.75, 3.05) is 10.2 Å². The van der Waals surface area contributed by atoms with E-state index in [-0.39, 0.29) is 17.5 Å². The number of allylic oxidation sites excluding steroid dienone is 1. The third-order valence-corrected chi connectivity index (χ3v) is 5.54. The van der Waals surface area contributed by atoms with Crippen LogP contribution in [0, 0.1) is 10.1 Å². The Labute approximate surface area is 170 Å². The number of benzene rings is 2. The molecule has 0 aromatic heterocycles. The average molecular weight is 413 g/mol. The van der Waals surface area contributed by atoms with Gasteiger partial charge in [0.15, 0.2) is 4.32 Å². The smallest absolute Gasteiger partial charge is 0.271 e. The van der Waals surface area contributed by atoms with Crippen molar-refractivity contribution in [1.29, 1.82) is 0 Å². The minimum Gasteiger partial charge on any atom is -0.326 e. The predicted molar refractivity (Wildman–Crippen MR) is 114 cm³/mol. The van der Waals surface area contributed by atoms with Crippen LogP contribution in [0.15, 0.2) is 53.4 Å². The molecule has 0 spiro atoms. The molecule has 0 bridgehead atoms. The predicted octanol–water partition coefficient (Wildman–Crippen LogP) is 4.35. The molecule has 1 N–H and O–H groups in total. The summed E-state index contributed by atoms with van der Waals surface area (Å²) in [5.41, 5.74) is 2.63. The third-order valence-electron chi connectivity index (χ3n) is 4.07. The number of amides is 2. The van der Waals surface area contributed by atoms with E-state index in [2.05, 4.69) is 5.32 Å². The maximum atomic E-state index is 13.0. The zero-order valence-corrected chi connectivity index (χ0v) is 16.6. The summed E-state index contributed by atoms with van der Waals surface area (Å²) in [6.07, 6.45) is 0. The highest BCUT2D eigenvalue weighted by molar-refractivity contribution is 8.27. The fourth-order valence-electron chi connectivity index (χ4n) is 2.68. The maximum absolute atomic E-state index is 13.0. The monoisotopic (exact) mass is 413 g/mol. The summed E-state index contributed by atoms with van der Waals surface area (Å²) in [4.78, 5) is 36.3. The van der Waals surface area contributed by atoms with Gasteiger partial charge < -0.3 is 5.32 Å². The van der Waals surface area contributed by atoms with Crippen molar-refractivity contribution in [2.45, 2.75) is 13.8 Å². The van der Waals surface area contributed by atoms with Crippen LogP contribution in [0.3, 0.4) is 0 Å². The quantitative estimate of drug-likeness (QED) is 0.347. The molecule has 2 aromatic rings. The Morgan fingerprint density at radius 2 is 1.71 bits per heavy atom. The van der Waals surface area contributed by atoms with E-state index in [1.54, 1.807) is 43.3 Å². The number of nitro benzene ring substituents is 1. The van der Waals surface area contributed by atoms with E-state index in [0.29, 0.717) is 31.7 Å². The summed E-state index contributed by atoms with van der Waals surface area (Å²) in [6, 6.07) is 12.8. The second kappa shape index (κ2) is 7.91. The third kappa shape index (κ3) is 3.95. The Morgan fingerprint density at radius 1 is 1.11 bits per heavy atom. The van der Waals surface area contributed by atoms with Gasteiger partial charge in [-0.25, -0.2) is 0 Å². The van der Waals surface area contributed by atoms with E-state index in [4.69, 9.17) is 12.2 Å². The number of carbonyl (C=O) groups excluding carboxylic acids is 2. The van der Waals surface area contributed by atoms with Crippen molar-refractivity contribution in [2.24, 2.45) is 0 Å². The molecule has 9 heteroatoms. The lowest BCUT2D eigenvalue weighted by molar-refractivity contribution is -0.384. The summed E-state index contributed by atoms with van der Waals surface area (Å²) in [6.45, 7) is 3.20. The summed E-state index contributed by atoms with van der Waals surface area (Å²) >= 11 is 6.57. The fourth-order valence-corrected chi connectivity index (χ4v) is 4.02. The molecule has 0 aliphatic carbocycles. The first-order valence-corrected chi connectivity index (χ1v) is 9.40. The Morgan fingerprint density at radius 3 is 2.25 bits per heavy atom. The zero-order valence-electron chi connectivity index (χ0n) is 15.0. The second-order valence-corrected chi connectivity index (χ2v) is 7.64. The fraction of sp³-hybridized carbons (Fsp3) is 0.105. The largest absolute Gasteiger partial charge is 0.326 e. The van der Waals surface area contributed by atoms with Gasteiger partial charge in [-0.2, -0.15) is 0 Å². The molecule has 0 atom stereocenters. The minimum atomic E-state index is -0.469. The van der Waals surface area contributed by atoms with Gasteiger partial charge >= 0.3 is 0 Å². The van der Waals surface area contributed by atoms with Gasteiger partial charge in [0.1, 0.15) is 0 Å². The molecule has 28 heavy (non-hydrogen) atoms. The summed E-state index contributed by atoms with van der Waals surface area (Å²) in [5.74, 6) is -0.432. The van der Waals surface area contributed by atoms with Crippen LogP contribution in [0.25, 0.3) is 5.57 Å². The number of nitro groups is 1. The molecule has 1 aliphatic heterocycles. The highest BCUT2D eigenvalue weighted by Gasteiger charge is 2.34. The summed E-state index contributed by atoms with van der Waals surface area (Å²) < 4.78 is 0.397. The minimum absolute atomic E-state index is 0.0108. The summed E-state index contributed by atoms with van der Waals surface area (Å²) in [7, 11) is 0. The number of thioether (sulfide) groups is 1. The van der Waals surface area contributed by atoms with Gasteiger partial charge in [0.25, 0.3) is 11.6 Å². The lowest BCUT2D eigenvalue weighted by atomic mass is 10.1. The Bertz CT molecular complexity index is 1010. The van der Waals surface area contributed by atoms with Crippen LogP contribution >= 0.6 is 24.0 Å². The van der Waals surface area contributed by atoms with Gasteiger partial charge in [0.2, 0.25) is 5.91 Å². The number of rotatable bonds is 4. The number of nitrogens with zero attached hydrogens (tertiary/aromatic N) is 2. The molecule has 7 nitrogen and oxygen atoms in total. The Balaban J connectivity index is 1.89. The van der Waals surface area contributed by atoms with E-state index in [9.17, 15) is 19.7 Å². The normalized spacial score (nSPS) is 15.6. The van der Waals surface area contributed by atoms with Gasteiger partial charge in [-0.15, -0.1) is 0 Å². The molecular weight excluding hydrogens is 398 g/mol. The molecule has 1 aliphatic rings. The van der Waals surface area contributed by atoms with Crippen molar-refractivity contribution in [3.63, 3.8) is 0 Å². The lowest BCUT2D eigenvalue weighted by Gasteiger charge is -2.15. The molecule has 0 unspecified atom stereocenters. The lowest BCUT2D eigenvalue weighted by Crippen LogP contribution is -2.27. The maximum Gasteiger partial charge on any atom is 0.271 e. The van der Waals surface area contributed by atoms with Crippen molar-refractivity contribution in [3.05, 3.63) is 69.1 Å². The van der Waals surface area contributed by atoms with Crippen LogP contribution in [0.4, 0.5) is 17.1 Å². The molecule has 2 amide bonds. The highest BCUT2D eigenvalue weighted by atomic mass is 32.2. The van der Waals surface area contributed by atoms with Crippen LogP contribution in [0.1, 0.15) is 19.4 Å². The van der Waals surface area contributed by atoms with Crippen LogP contribution in [0.5, 0.6) is 0 Å². The van der Waals surface area contributed by atoms with E-state index in [1.807, 2.05) is 0 Å². The molecule has 0 radical (unpaired) electrons. The number of nitrogens with one attached hydrogen (secondary N) is 1. The molecule has 0 saturated carbocycles. The number of carbonyl (C=O) groups is 2. The first-order chi connectivity index (χ1) is 13.3. The standard InChI is InChI=1S/C19H15N3O4S2/c1-11(13-3-7-16(8-4-13)22(25)26)17-18(24)21(19(27)28-17)15-9-5-14(6-10-15)20-12(2)23/h3-10H,1-2H3,(H,20,23)/b17-11-. The van der Waals surface area contributed by atoms with Crippen molar-refractivity contribution in [3.8, 4) is 0 Å². The number of anilines is 2.